The van der Waals surface area contributed by atoms with Crippen LogP contribution in [0.15, 0.2) is 114 Å². The van der Waals surface area contributed by atoms with Crippen LogP contribution < -0.4 is 24.9 Å². The molecule has 59 heavy (non-hydrogen) atoms. The van der Waals surface area contributed by atoms with Gasteiger partial charge in [-0.1, -0.05) is 68.4 Å². The molecule has 2 aromatic heterocycles. The number of nitro groups is 1. The molecule has 304 valence electrons. The van der Waals surface area contributed by atoms with Gasteiger partial charge < -0.3 is 18.9 Å². The predicted molar refractivity (Wildman–Crippen MR) is 215 cm³/mol. The Morgan fingerprint density at radius 1 is 0.949 bits per heavy atom. The number of non-ortho nitro benzene ring substituents is 1. The standard InChI is InChI=1S/C41H39N6O11P/c1-25(2)38(48)44-40-43-37-36(39(49)45-40)42-24-46(37)35-22-33(58-59(52)57-32-20-14-29(15-21-32)47(50)51)34(56-35)23-55-41(26-8-6-5-7-9-26,27-10-16-30(53-3)17-11-27)28-12-18-31(54-4)19-13-28/h5-21,24-25,33-35H,22-23H2,1-4H3,(H-,43,44,45,48,49)/p+1/t33-,34+,35+/m0/s1. The third-order valence-electron chi connectivity index (χ3n) is 9.78. The number of fused-ring (bicyclic) bond motifs is 1. The number of aromatic amines is 1. The number of imidazole rings is 1. The summed E-state index contributed by atoms with van der Waals surface area (Å²) in [7, 11) is 0.304. The number of carbonyl (C=O) groups excluding carboxylic acids is 1. The van der Waals surface area contributed by atoms with Crippen LogP contribution in [0.25, 0.3) is 11.2 Å². The number of nitrogens with one attached hydrogen (secondary N) is 2. The molecule has 2 N–H and O–H groups in total. The number of aromatic nitrogens is 4. The van der Waals surface area contributed by atoms with Crippen LogP contribution >= 0.6 is 8.25 Å². The summed E-state index contributed by atoms with van der Waals surface area (Å²) in [6.07, 6.45) is -1.28. The molecule has 17 nitrogen and oxygen atoms in total. The van der Waals surface area contributed by atoms with Gasteiger partial charge in [0.1, 0.15) is 35.5 Å². The topological polar surface area (TPSA) is 208 Å². The maximum absolute atomic E-state index is 13.5. The van der Waals surface area contributed by atoms with Gasteiger partial charge in [0.2, 0.25) is 11.9 Å². The van der Waals surface area contributed by atoms with Crippen molar-refractivity contribution in [3.8, 4) is 17.2 Å². The van der Waals surface area contributed by atoms with Gasteiger partial charge in [0.05, 0.1) is 32.1 Å². The average molecular weight is 824 g/mol. The van der Waals surface area contributed by atoms with Gasteiger partial charge in [0.25, 0.3) is 11.2 Å². The van der Waals surface area contributed by atoms with Crippen molar-refractivity contribution in [2.24, 2.45) is 5.92 Å². The third kappa shape index (κ3) is 8.68. The summed E-state index contributed by atoms with van der Waals surface area (Å²) < 4.78 is 51.4. The molecular weight excluding hydrogens is 783 g/mol. The first-order chi connectivity index (χ1) is 28.5. The van der Waals surface area contributed by atoms with Crippen molar-refractivity contribution in [3.05, 3.63) is 147 Å². The summed E-state index contributed by atoms with van der Waals surface area (Å²) in [5.74, 6) is 0.566. The highest BCUT2D eigenvalue weighted by molar-refractivity contribution is 7.33. The second-order valence-electron chi connectivity index (χ2n) is 13.8. The molecule has 7 rings (SSSR count). The highest BCUT2D eigenvalue weighted by Crippen LogP contribution is 2.44. The molecule has 1 fully saturated rings. The van der Waals surface area contributed by atoms with E-state index in [0.29, 0.717) is 11.5 Å². The Labute approximate surface area is 338 Å². The number of ether oxygens (including phenoxy) is 4. The smallest absolute Gasteiger partial charge is 0.497 e. The van der Waals surface area contributed by atoms with Gasteiger partial charge in [-0.3, -0.25) is 34.6 Å². The molecule has 4 atom stereocenters. The number of nitro benzene ring substituents is 1. The Balaban J connectivity index is 1.26. The number of anilines is 1. The summed E-state index contributed by atoms with van der Waals surface area (Å²) in [6.45, 7) is 3.28. The van der Waals surface area contributed by atoms with E-state index in [1.807, 2.05) is 78.9 Å². The van der Waals surface area contributed by atoms with Crippen LogP contribution in [-0.4, -0.2) is 63.4 Å². The molecule has 1 amide bonds. The number of methoxy groups -OCH3 is 2. The molecule has 6 aromatic rings. The Hall–Kier alpha value is -6.52. The lowest BCUT2D eigenvalue weighted by molar-refractivity contribution is -0.384. The first-order valence-corrected chi connectivity index (χ1v) is 19.6. The van der Waals surface area contributed by atoms with Crippen LogP contribution in [0.3, 0.4) is 0 Å². The average Bonchev–Trinajstić information content (AvgIpc) is 3.86. The van der Waals surface area contributed by atoms with E-state index in [1.165, 1.54) is 35.2 Å². The largest absolute Gasteiger partial charge is 0.750 e. The highest BCUT2D eigenvalue weighted by atomic mass is 31.1. The van der Waals surface area contributed by atoms with E-state index >= 15 is 0 Å². The summed E-state index contributed by atoms with van der Waals surface area (Å²) in [6, 6.07) is 29.7. The van der Waals surface area contributed by atoms with Gasteiger partial charge >= 0.3 is 8.25 Å². The fourth-order valence-electron chi connectivity index (χ4n) is 6.72. The number of benzene rings is 4. The number of amides is 1. The van der Waals surface area contributed by atoms with E-state index in [0.717, 1.165) is 16.7 Å². The van der Waals surface area contributed by atoms with Crippen LogP contribution in [0.1, 0.15) is 43.2 Å². The lowest BCUT2D eigenvalue weighted by atomic mass is 9.80. The molecular formula is C41H40N6O11P+. The minimum atomic E-state index is -2.87. The molecule has 1 unspecified atom stereocenters. The Bertz CT molecular complexity index is 2450. The number of H-pyrrole nitrogens is 1. The van der Waals surface area contributed by atoms with Crippen LogP contribution in [0, 0.1) is 16.0 Å². The van der Waals surface area contributed by atoms with Crippen molar-refractivity contribution >= 4 is 37.0 Å². The predicted octanol–water partition coefficient (Wildman–Crippen LogP) is 7.06. The fourth-order valence-corrected chi connectivity index (χ4v) is 7.50. The molecule has 1 aliphatic heterocycles. The molecule has 0 spiro atoms. The van der Waals surface area contributed by atoms with E-state index in [4.69, 9.17) is 28.0 Å². The molecule has 4 aromatic carbocycles. The molecule has 3 heterocycles. The minimum absolute atomic E-state index is 0.00278. The highest BCUT2D eigenvalue weighted by Gasteiger charge is 2.47. The van der Waals surface area contributed by atoms with Crippen molar-refractivity contribution in [3.63, 3.8) is 0 Å². The Morgan fingerprint density at radius 3 is 2.12 bits per heavy atom. The van der Waals surface area contributed by atoms with E-state index in [-0.39, 0.29) is 53.4 Å². The fraction of sp³-hybridized carbons (Fsp3) is 0.268. The monoisotopic (exact) mass is 823 g/mol. The normalized spacial score (nSPS) is 16.8. The van der Waals surface area contributed by atoms with E-state index < -0.39 is 42.8 Å². The lowest BCUT2D eigenvalue weighted by Crippen LogP contribution is -2.38. The number of hydrogen-bond donors (Lipinski definition) is 2. The van der Waals surface area contributed by atoms with Gasteiger partial charge in [-0.25, -0.2) is 9.51 Å². The van der Waals surface area contributed by atoms with Crippen LogP contribution in [0.2, 0.25) is 0 Å². The number of nitrogens with zero attached hydrogens (tertiary/aromatic N) is 4. The summed E-state index contributed by atoms with van der Waals surface area (Å²) in [5, 5.41) is 13.8. The molecule has 0 bridgehead atoms. The Kier molecular flexibility index (Phi) is 12.1. The lowest BCUT2D eigenvalue weighted by Gasteiger charge is -2.37. The van der Waals surface area contributed by atoms with Crippen molar-refractivity contribution in [1.82, 2.24) is 19.5 Å². The van der Waals surface area contributed by atoms with Gasteiger partial charge in [-0.2, -0.15) is 4.98 Å². The second-order valence-corrected chi connectivity index (χ2v) is 14.6. The third-order valence-corrected chi connectivity index (χ3v) is 10.6. The molecule has 0 radical (unpaired) electrons. The Morgan fingerprint density at radius 2 is 1.54 bits per heavy atom. The summed E-state index contributed by atoms with van der Waals surface area (Å²) in [4.78, 5) is 47.5. The van der Waals surface area contributed by atoms with Crippen molar-refractivity contribution in [1.29, 1.82) is 0 Å². The van der Waals surface area contributed by atoms with Crippen molar-refractivity contribution < 1.29 is 42.3 Å². The van der Waals surface area contributed by atoms with Gasteiger partial charge in [0.15, 0.2) is 16.9 Å². The number of rotatable bonds is 16. The van der Waals surface area contributed by atoms with Crippen LogP contribution in [0.5, 0.6) is 17.2 Å². The maximum Gasteiger partial charge on any atom is 0.750 e. The molecule has 1 saturated heterocycles. The van der Waals surface area contributed by atoms with E-state index in [9.17, 15) is 24.3 Å². The molecule has 0 saturated carbocycles. The maximum atomic E-state index is 13.5. The molecule has 1 aliphatic rings. The van der Waals surface area contributed by atoms with Crippen molar-refractivity contribution in [2.75, 3.05) is 26.1 Å². The van der Waals surface area contributed by atoms with E-state index in [2.05, 4.69) is 20.3 Å². The van der Waals surface area contributed by atoms with Gasteiger partial charge in [-0.05, 0) is 53.1 Å². The first kappa shape index (κ1) is 40.7. The molecule has 18 heteroatoms. The number of hydrogen-bond acceptors (Lipinski definition) is 13. The minimum Gasteiger partial charge on any atom is -0.497 e. The van der Waals surface area contributed by atoms with E-state index in [1.54, 1.807) is 28.1 Å². The summed E-state index contributed by atoms with van der Waals surface area (Å²) in [5.41, 5.74) is 0.440. The second kappa shape index (κ2) is 17.5. The van der Waals surface area contributed by atoms with Gasteiger partial charge in [0, 0.05) is 29.0 Å². The zero-order valence-electron chi connectivity index (χ0n) is 32.3. The van der Waals surface area contributed by atoms with Crippen LogP contribution in [0.4, 0.5) is 11.6 Å². The number of carbonyl (C=O) groups is 1. The quantitative estimate of drug-likeness (QED) is 0.0434. The zero-order valence-corrected chi connectivity index (χ0v) is 33.2. The van der Waals surface area contributed by atoms with Gasteiger partial charge in [-0.15, -0.1) is 4.52 Å². The van der Waals surface area contributed by atoms with Crippen LogP contribution in [-0.2, 0) is 29.0 Å². The SMILES string of the molecule is COc1ccc(C(OC[C@H]2O[C@@H](n3cnc4c(=O)[nH]c(NC(=O)C(C)C)nc43)C[C@@H]2O[P+](=O)Oc2ccc([N+](=O)[O-])cc2)(c2ccccc2)c2ccc(OC)cc2)cc1. The summed E-state index contributed by atoms with van der Waals surface area (Å²) >= 11 is 0. The van der Waals surface area contributed by atoms with Crippen molar-refractivity contribution in [2.45, 2.75) is 44.3 Å². The first-order valence-electron chi connectivity index (χ1n) is 18.5. The zero-order chi connectivity index (χ0) is 41.7. The molecule has 0 aliphatic carbocycles.